The van der Waals surface area contributed by atoms with Crippen LogP contribution in [0.2, 0.25) is 0 Å². The van der Waals surface area contributed by atoms with Crippen molar-refractivity contribution in [2.24, 2.45) is 17.3 Å². The number of carbonyl (C=O) groups excluding carboxylic acids is 2. The Morgan fingerprint density at radius 3 is 2.22 bits per heavy atom. The highest BCUT2D eigenvalue weighted by atomic mass is 19.4. The topological polar surface area (TPSA) is 172 Å². The number of aromatic amines is 1. The van der Waals surface area contributed by atoms with Gasteiger partial charge in [-0.25, -0.2) is 14.8 Å². The second-order valence-electron chi connectivity index (χ2n) is 19.9. The number of nitrogens with one attached hydrogen (secondary N) is 2. The number of rotatable bonds is 10. The average molecular weight is 950 g/mol. The molecule has 69 heavy (non-hydrogen) atoms. The van der Waals surface area contributed by atoms with Crippen molar-refractivity contribution >= 4 is 34.2 Å². The number of nitrogens with zero attached hydrogens (tertiary/aromatic N) is 6. The van der Waals surface area contributed by atoms with Gasteiger partial charge in [0.05, 0.1) is 29.9 Å². The number of halogens is 3. The molecule has 0 bridgehead atoms. The van der Waals surface area contributed by atoms with Crippen LogP contribution in [0.4, 0.5) is 24.7 Å². The molecule has 366 valence electrons. The van der Waals surface area contributed by atoms with Crippen LogP contribution >= 0.6 is 0 Å². The van der Waals surface area contributed by atoms with Crippen molar-refractivity contribution in [3.63, 3.8) is 0 Å². The maximum absolute atomic E-state index is 13.9. The first-order valence-electron chi connectivity index (χ1n) is 24.4. The monoisotopic (exact) mass is 949 g/mol. The SMILES string of the molecule is COc1cc2nc(C)nc(N[C@H](C)c3cc(N)cc(C(F)(F)F)c3)c2cc1C1CCC(C(=O)N2CCN(CC3CCC4(CC3)CCN(C(=O)c3ccc(-n5ccc(=O)[nH]c5=O)cc3)CC4)CC2)CC1. The van der Waals surface area contributed by atoms with Gasteiger partial charge in [0.25, 0.3) is 11.5 Å². The zero-order valence-electron chi connectivity index (χ0n) is 39.6. The van der Waals surface area contributed by atoms with Crippen molar-refractivity contribution in [3.05, 3.63) is 116 Å². The largest absolute Gasteiger partial charge is 0.496 e. The van der Waals surface area contributed by atoms with Gasteiger partial charge in [0.1, 0.15) is 17.4 Å². The lowest BCUT2D eigenvalue weighted by molar-refractivity contribution is -0.139. The van der Waals surface area contributed by atoms with E-state index in [1.807, 2.05) is 17.0 Å². The maximum Gasteiger partial charge on any atom is 0.416 e. The van der Waals surface area contributed by atoms with Crippen LogP contribution in [-0.2, 0) is 11.0 Å². The summed E-state index contributed by atoms with van der Waals surface area (Å²) in [5.41, 5.74) is 7.65. The Hall–Kier alpha value is -6.23. The normalized spacial score (nSPS) is 20.8. The van der Waals surface area contributed by atoms with Crippen LogP contribution in [0.5, 0.6) is 5.75 Å². The molecule has 1 spiro atoms. The van der Waals surface area contributed by atoms with E-state index in [-0.39, 0.29) is 34.8 Å². The highest BCUT2D eigenvalue weighted by Crippen LogP contribution is 2.47. The van der Waals surface area contributed by atoms with Crippen molar-refractivity contribution in [2.45, 2.75) is 96.2 Å². The molecule has 5 aromatic rings. The number of fused-ring (bicyclic) bond motifs is 1. The van der Waals surface area contributed by atoms with Gasteiger partial charge in [-0.05, 0) is 155 Å². The molecule has 0 unspecified atom stereocenters. The molecular formula is C52H62F3N9O5. The Morgan fingerprint density at radius 1 is 0.870 bits per heavy atom. The van der Waals surface area contributed by atoms with Gasteiger partial charge < -0.3 is 25.6 Å². The molecule has 2 saturated heterocycles. The number of alkyl halides is 3. The Bertz CT molecular complexity index is 2800. The van der Waals surface area contributed by atoms with E-state index in [1.54, 1.807) is 51.3 Å². The fraction of sp³-hybridized carbons (Fsp3) is 0.500. The molecule has 0 radical (unpaired) electrons. The van der Waals surface area contributed by atoms with E-state index in [1.165, 1.54) is 42.5 Å². The number of carbonyl (C=O) groups is 2. The number of amides is 2. The fourth-order valence-electron chi connectivity index (χ4n) is 11.4. The standard InChI is InChI=1S/C52H62F3N9O5/c1-32(38-26-39(52(53,54)55)28-40(56)27-38)57-47-43-29-42(45(69-3)30-44(43)58-33(2)59-47)35-4-6-36(7-5-35)49(67)63-24-22-61(23-25-63)31-34-12-15-51(16-13-34)17-20-62(21-18-51)48(66)37-8-10-41(11-9-37)64-19-14-46(65)60-50(64)68/h8-11,14,19,26-30,32,34-36H,4-7,12-13,15-18,20-25,31,56H2,1-3H3,(H,57,58,59)(H,60,65,68)/t32-,35?,36?/m1/s1. The number of nitrogens with two attached hydrogens (primary N) is 1. The van der Waals surface area contributed by atoms with Crippen LogP contribution in [0.15, 0.2) is 76.4 Å². The van der Waals surface area contributed by atoms with E-state index in [0.717, 1.165) is 107 Å². The average Bonchev–Trinajstić information content (AvgIpc) is 3.34. The summed E-state index contributed by atoms with van der Waals surface area (Å²) in [7, 11) is 1.64. The third kappa shape index (κ3) is 10.5. The number of hydrogen-bond acceptors (Lipinski definition) is 10. The highest BCUT2D eigenvalue weighted by molar-refractivity contribution is 5.94. The summed E-state index contributed by atoms with van der Waals surface area (Å²) >= 11 is 0. The van der Waals surface area contributed by atoms with Crippen molar-refractivity contribution in [2.75, 3.05) is 64.0 Å². The van der Waals surface area contributed by atoms with E-state index in [2.05, 4.69) is 30.1 Å². The molecule has 2 aromatic heterocycles. The Balaban J connectivity index is 0.732. The number of H-pyrrole nitrogens is 1. The number of piperidine rings is 1. The molecule has 2 aliphatic heterocycles. The number of anilines is 2. The molecule has 2 amide bonds. The van der Waals surface area contributed by atoms with E-state index in [0.29, 0.717) is 45.6 Å². The van der Waals surface area contributed by atoms with Gasteiger partial charge >= 0.3 is 11.9 Å². The van der Waals surface area contributed by atoms with Crippen LogP contribution < -0.4 is 27.0 Å². The Labute approximate surface area is 399 Å². The molecule has 14 nitrogen and oxygen atoms in total. The van der Waals surface area contributed by atoms with Crippen LogP contribution in [0.1, 0.15) is 116 Å². The summed E-state index contributed by atoms with van der Waals surface area (Å²) in [4.78, 5) is 69.2. The van der Waals surface area contributed by atoms with Gasteiger partial charge in [0.15, 0.2) is 0 Å². The lowest BCUT2D eigenvalue weighted by Gasteiger charge is -2.47. The first kappa shape index (κ1) is 47.8. The van der Waals surface area contributed by atoms with Gasteiger partial charge in [0, 0.05) is 86.7 Å². The molecule has 4 N–H and O–H groups in total. The third-order valence-electron chi connectivity index (χ3n) is 15.5. The van der Waals surface area contributed by atoms with Crippen molar-refractivity contribution in [1.29, 1.82) is 0 Å². The van der Waals surface area contributed by atoms with Crippen LogP contribution in [0.25, 0.3) is 16.6 Å². The predicted molar refractivity (Wildman–Crippen MR) is 259 cm³/mol. The summed E-state index contributed by atoms with van der Waals surface area (Å²) in [5.74, 6) is 2.75. The number of piperazine rings is 1. The molecule has 2 aliphatic carbocycles. The van der Waals surface area contributed by atoms with Crippen LogP contribution in [-0.4, -0.2) is 99.0 Å². The predicted octanol–water partition coefficient (Wildman–Crippen LogP) is 8.09. The van der Waals surface area contributed by atoms with Crippen molar-refractivity contribution in [3.8, 4) is 11.4 Å². The van der Waals surface area contributed by atoms with E-state index in [4.69, 9.17) is 10.5 Å². The lowest BCUT2D eigenvalue weighted by Crippen LogP contribution is -2.52. The Morgan fingerprint density at radius 2 is 1.57 bits per heavy atom. The summed E-state index contributed by atoms with van der Waals surface area (Å²) < 4.78 is 48.1. The smallest absolute Gasteiger partial charge is 0.416 e. The summed E-state index contributed by atoms with van der Waals surface area (Å²) in [6.07, 6.45) is 6.84. The Kier molecular flexibility index (Phi) is 13.6. The number of aryl methyl sites for hydroxylation is 1. The van der Waals surface area contributed by atoms with E-state index >= 15 is 0 Å². The molecule has 4 heterocycles. The first-order valence-corrected chi connectivity index (χ1v) is 24.4. The number of benzene rings is 3. The molecule has 2 saturated carbocycles. The second kappa shape index (κ2) is 19.6. The third-order valence-corrected chi connectivity index (χ3v) is 15.5. The minimum Gasteiger partial charge on any atom is -0.496 e. The zero-order valence-corrected chi connectivity index (χ0v) is 39.6. The van der Waals surface area contributed by atoms with Crippen molar-refractivity contribution in [1.82, 2.24) is 34.2 Å². The van der Waals surface area contributed by atoms with Gasteiger partial charge in [-0.3, -0.25) is 28.8 Å². The van der Waals surface area contributed by atoms with Gasteiger partial charge in [-0.1, -0.05) is 0 Å². The summed E-state index contributed by atoms with van der Waals surface area (Å²) in [6, 6.07) is 15.2. The quantitative estimate of drug-likeness (QED) is 0.116. The first-order chi connectivity index (χ1) is 33.0. The highest BCUT2D eigenvalue weighted by Gasteiger charge is 2.40. The number of likely N-dealkylation sites (tertiary alicyclic amines) is 1. The molecule has 9 rings (SSSR count). The number of hydrogen-bond donors (Lipinski definition) is 3. The second-order valence-corrected chi connectivity index (χ2v) is 19.9. The van der Waals surface area contributed by atoms with Crippen LogP contribution in [0.3, 0.4) is 0 Å². The number of methoxy groups -OCH3 is 1. The number of aromatic nitrogens is 4. The molecule has 17 heteroatoms. The molecule has 4 fully saturated rings. The molecule has 1 atom stereocenters. The minimum atomic E-state index is -4.53. The number of nitrogen functional groups attached to an aromatic ring is 1. The maximum atomic E-state index is 13.9. The van der Waals surface area contributed by atoms with Crippen LogP contribution in [0, 0.1) is 24.2 Å². The van der Waals surface area contributed by atoms with E-state index < -0.39 is 29.0 Å². The van der Waals surface area contributed by atoms with Crippen molar-refractivity contribution < 1.29 is 27.5 Å². The molecular weight excluding hydrogens is 888 g/mol. The molecule has 3 aromatic carbocycles. The zero-order chi connectivity index (χ0) is 48.6. The van der Waals surface area contributed by atoms with Gasteiger partial charge in [-0.15, -0.1) is 0 Å². The number of ether oxygens (including phenoxy) is 1. The lowest BCUT2D eigenvalue weighted by atomic mass is 9.65. The molecule has 4 aliphatic rings. The van der Waals surface area contributed by atoms with E-state index in [9.17, 15) is 32.3 Å². The van der Waals surface area contributed by atoms with Gasteiger partial charge in [-0.2, -0.15) is 13.2 Å². The fourth-order valence-corrected chi connectivity index (χ4v) is 11.4. The summed E-state index contributed by atoms with van der Waals surface area (Å²) in [6.45, 7) is 9.34. The van der Waals surface area contributed by atoms with Gasteiger partial charge in [0.2, 0.25) is 5.91 Å². The summed E-state index contributed by atoms with van der Waals surface area (Å²) in [5, 5.41) is 4.08. The minimum absolute atomic E-state index is 0.00220.